The van der Waals surface area contributed by atoms with Gasteiger partial charge in [-0.1, -0.05) is 24.3 Å². The monoisotopic (exact) mass is 242 g/mol. The van der Waals surface area contributed by atoms with E-state index < -0.39 is 0 Å². The Morgan fingerprint density at radius 2 is 1.94 bits per heavy atom. The van der Waals surface area contributed by atoms with Crippen LogP contribution < -0.4 is 0 Å². The second-order valence-corrected chi connectivity index (χ2v) is 5.26. The highest BCUT2D eigenvalue weighted by atomic mass is 16.5. The summed E-state index contributed by atoms with van der Waals surface area (Å²) in [4.78, 5) is 4.55. The van der Waals surface area contributed by atoms with Crippen molar-refractivity contribution in [1.82, 2.24) is 9.55 Å². The van der Waals surface area contributed by atoms with Gasteiger partial charge >= 0.3 is 0 Å². The van der Waals surface area contributed by atoms with E-state index in [1.165, 1.54) is 11.1 Å². The second-order valence-electron chi connectivity index (χ2n) is 5.26. The van der Waals surface area contributed by atoms with Crippen molar-refractivity contribution < 1.29 is 4.74 Å². The van der Waals surface area contributed by atoms with Gasteiger partial charge in [0.1, 0.15) is 0 Å². The summed E-state index contributed by atoms with van der Waals surface area (Å²) in [6.07, 6.45) is 6.03. The molecule has 0 unspecified atom stereocenters. The predicted octanol–water partition coefficient (Wildman–Crippen LogP) is 2.10. The van der Waals surface area contributed by atoms with Crippen LogP contribution in [0.4, 0.5) is 0 Å². The van der Waals surface area contributed by atoms with E-state index >= 15 is 0 Å². The first-order chi connectivity index (χ1) is 8.73. The largest absolute Gasteiger partial charge is 0.384 e. The first-order valence-electron chi connectivity index (χ1n) is 6.28. The van der Waals surface area contributed by atoms with Crippen LogP contribution in [0, 0.1) is 0 Å². The third-order valence-corrected chi connectivity index (χ3v) is 3.84. The Labute approximate surface area is 107 Å². The molecule has 0 amide bonds. The van der Waals surface area contributed by atoms with Crippen LogP contribution in [0.5, 0.6) is 0 Å². The van der Waals surface area contributed by atoms with Crippen molar-refractivity contribution in [3.8, 4) is 0 Å². The van der Waals surface area contributed by atoms with E-state index in [0.29, 0.717) is 0 Å². The van der Waals surface area contributed by atoms with Gasteiger partial charge in [0.15, 0.2) is 0 Å². The molecule has 0 spiro atoms. The van der Waals surface area contributed by atoms with Gasteiger partial charge in [-0.25, -0.2) is 4.98 Å². The zero-order chi connectivity index (χ0) is 12.6. The fourth-order valence-electron chi connectivity index (χ4n) is 3.01. The summed E-state index contributed by atoms with van der Waals surface area (Å²) in [5.41, 5.74) is 4.02. The van der Waals surface area contributed by atoms with E-state index in [1.54, 1.807) is 7.11 Å². The summed E-state index contributed by atoms with van der Waals surface area (Å²) in [5.74, 6) is 0. The number of hydrogen-bond acceptors (Lipinski definition) is 2. The van der Waals surface area contributed by atoms with Crippen LogP contribution in [0.25, 0.3) is 0 Å². The molecule has 0 bridgehead atoms. The van der Waals surface area contributed by atoms with Crippen LogP contribution in [0.15, 0.2) is 36.8 Å². The van der Waals surface area contributed by atoms with E-state index in [9.17, 15) is 0 Å². The van der Waals surface area contributed by atoms with Crippen molar-refractivity contribution in [1.29, 1.82) is 0 Å². The van der Waals surface area contributed by atoms with Crippen molar-refractivity contribution in [2.75, 3.05) is 13.7 Å². The minimum Gasteiger partial charge on any atom is -0.384 e. The number of hydrogen-bond donors (Lipinski definition) is 0. The van der Waals surface area contributed by atoms with Gasteiger partial charge in [0.2, 0.25) is 0 Å². The maximum Gasteiger partial charge on any atom is 0.0947 e. The summed E-state index contributed by atoms with van der Waals surface area (Å²) < 4.78 is 7.48. The van der Waals surface area contributed by atoms with E-state index in [1.807, 2.05) is 17.9 Å². The van der Waals surface area contributed by atoms with Crippen molar-refractivity contribution in [2.45, 2.75) is 18.3 Å². The highest BCUT2D eigenvalue weighted by molar-refractivity contribution is 5.39. The molecular formula is C15H18N2O. The molecule has 3 nitrogen and oxygen atoms in total. The molecule has 0 saturated heterocycles. The number of benzene rings is 1. The third-order valence-electron chi connectivity index (χ3n) is 3.84. The molecule has 0 radical (unpaired) electrons. The van der Waals surface area contributed by atoms with Gasteiger partial charge in [-0.05, 0) is 24.0 Å². The number of fused-ring (bicyclic) bond motifs is 1. The minimum absolute atomic E-state index is 0.0136. The lowest BCUT2D eigenvalue weighted by atomic mass is 9.82. The number of methoxy groups -OCH3 is 1. The molecule has 1 aromatic carbocycles. The SMILES string of the molecule is COCC1(c2cn(C)cn2)Cc2ccccc2C1. The highest BCUT2D eigenvalue weighted by Gasteiger charge is 2.40. The molecule has 1 aliphatic carbocycles. The van der Waals surface area contributed by atoms with Gasteiger partial charge in [0.25, 0.3) is 0 Å². The predicted molar refractivity (Wildman–Crippen MR) is 70.6 cm³/mol. The topological polar surface area (TPSA) is 27.1 Å². The van der Waals surface area contributed by atoms with Gasteiger partial charge in [0, 0.05) is 25.8 Å². The second kappa shape index (κ2) is 4.25. The summed E-state index contributed by atoms with van der Waals surface area (Å²) in [7, 11) is 3.78. The Hall–Kier alpha value is -1.61. The van der Waals surface area contributed by atoms with Gasteiger partial charge in [-0.15, -0.1) is 0 Å². The first kappa shape index (κ1) is 11.5. The number of aryl methyl sites for hydroxylation is 1. The summed E-state index contributed by atoms with van der Waals surface area (Å²) >= 11 is 0. The van der Waals surface area contributed by atoms with E-state index in [0.717, 1.165) is 25.1 Å². The minimum atomic E-state index is 0.0136. The summed E-state index contributed by atoms with van der Waals surface area (Å²) in [6.45, 7) is 0.721. The van der Waals surface area contributed by atoms with Crippen molar-refractivity contribution in [2.24, 2.45) is 7.05 Å². The summed E-state index contributed by atoms with van der Waals surface area (Å²) in [6, 6.07) is 8.66. The van der Waals surface area contributed by atoms with Gasteiger partial charge < -0.3 is 9.30 Å². The number of nitrogens with zero attached hydrogens (tertiary/aromatic N) is 2. The Morgan fingerprint density at radius 1 is 1.28 bits per heavy atom. The molecule has 2 aromatic rings. The van der Waals surface area contributed by atoms with Crippen molar-refractivity contribution in [3.05, 3.63) is 53.6 Å². The van der Waals surface area contributed by atoms with Gasteiger partial charge in [0.05, 0.1) is 18.6 Å². The smallest absolute Gasteiger partial charge is 0.0947 e. The van der Waals surface area contributed by atoms with Crippen LogP contribution in [-0.2, 0) is 30.0 Å². The average Bonchev–Trinajstić information content (AvgIpc) is 2.93. The molecule has 1 aliphatic rings. The molecule has 0 atom stereocenters. The van der Waals surface area contributed by atoms with Crippen molar-refractivity contribution >= 4 is 0 Å². The maximum absolute atomic E-state index is 5.47. The molecule has 3 rings (SSSR count). The zero-order valence-electron chi connectivity index (χ0n) is 10.9. The zero-order valence-corrected chi connectivity index (χ0v) is 10.9. The van der Waals surface area contributed by atoms with E-state index in [4.69, 9.17) is 4.74 Å². The lowest BCUT2D eigenvalue weighted by molar-refractivity contribution is 0.131. The van der Waals surface area contributed by atoms with Crippen LogP contribution in [-0.4, -0.2) is 23.3 Å². The lowest BCUT2D eigenvalue weighted by Gasteiger charge is -2.26. The van der Waals surface area contributed by atoms with Crippen LogP contribution in [0.1, 0.15) is 16.8 Å². The Bertz CT molecular complexity index is 534. The van der Waals surface area contributed by atoms with Crippen LogP contribution in [0.3, 0.4) is 0 Å². The number of aromatic nitrogens is 2. The normalized spacial score (nSPS) is 16.8. The molecule has 1 aromatic heterocycles. The molecule has 3 heteroatoms. The van der Waals surface area contributed by atoms with Crippen molar-refractivity contribution in [3.63, 3.8) is 0 Å². The van der Waals surface area contributed by atoms with E-state index in [2.05, 4.69) is 35.4 Å². The average molecular weight is 242 g/mol. The fraction of sp³-hybridized carbons (Fsp3) is 0.400. The Morgan fingerprint density at radius 3 is 2.44 bits per heavy atom. The first-order valence-corrected chi connectivity index (χ1v) is 6.28. The van der Waals surface area contributed by atoms with E-state index in [-0.39, 0.29) is 5.41 Å². The highest BCUT2D eigenvalue weighted by Crippen LogP contribution is 2.39. The Balaban J connectivity index is 2.01. The summed E-state index contributed by atoms with van der Waals surface area (Å²) in [5, 5.41) is 0. The quantitative estimate of drug-likeness (QED) is 0.824. The maximum atomic E-state index is 5.47. The molecule has 1 heterocycles. The van der Waals surface area contributed by atoms with Gasteiger partial charge in [-0.2, -0.15) is 0 Å². The molecule has 0 saturated carbocycles. The molecular weight excluding hydrogens is 224 g/mol. The van der Waals surface area contributed by atoms with Gasteiger partial charge in [-0.3, -0.25) is 0 Å². The third kappa shape index (κ3) is 1.75. The molecule has 18 heavy (non-hydrogen) atoms. The number of ether oxygens (including phenoxy) is 1. The standard InChI is InChI=1S/C15H18N2O/c1-17-9-14(16-11-17)15(10-18-2)7-12-5-3-4-6-13(12)8-15/h3-6,9,11H,7-8,10H2,1-2H3. The Kier molecular flexibility index (Phi) is 2.71. The fourth-order valence-corrected chi connectivity index (χ4v) is 3.01. The van der Waals surface area contributed by atoms with Crippen LogP contribution >= 0.6 is 0 Å². The van der Waals surface area contributed by atoms with Crippen LogP contribution in [0.2, 0.25) is 0 Å². The molecule has 0 aliphatic heterocycles. The number of imidazole rings is 1. The molecule has 0 fully saturated rings. The lowest BCUT2D eigenvalue weighted by Crippen LogP contribution is -2.33. The molecule has 0 N–H and O–H groups in total. The number of rotatable bonds is 3. The molecule has 94 valence electrons.